The molecule has 0 spiro atoms. The molecule has 0 aliphatic rings. The van der Waals surface area contributed by atoms with Gasteiger partial charge in [0.25, 0.3) is 0 Å². The molecule has 0 aromatic heterocycles. The van der Waals surface area contributed by atoms with E-state index in [1.807, 2.05) is 48.5 Å². The van der Waals surface area contributed by atoms with E-state index < -0.39 is 0 Å². The topological polar surface area (TPSA) is 35.2 Å². The minimum atomic E-state index is 0.345. The Morgan fingerprint density at radius 2 is 1.78 bits per heavy atom. The zero-order valence-electron chi connectivity index (χ0n) is 9.60. The molecule has 0 saturated carbocycles. The van der Waals surface area contributed by atoms with Crippen molar-refractivity contribution in [2.45, 2.75) is 6.61 Å². The molecule has 2 N–H and O–H groups in total. The zero-order valence-corrected chi connectivity index (χ0v) is 12.0. The molecule has 0 bridgehead atoms. The van der Waals surface area contributed by atoms with Crippen molar-refractivity contribution < 1.29 is 4.74 Å². The first-order valence-corrected chi connectivity index (χ1v) is 6.63. The minimum absolute atomic E-state index is 0.345. The summed E-state index contributed by atoms with van der Waals surface area (Å²) in [6.45, 7) is 0.473. The standard InChI is InChI=1S/C14H12BrNOS/c15-12-7-3-1-5-10(12)9-17-13-8-4-2-6-11(13)14(16)18/h1-8H,9H2,(H2,16,18). The van der Waals surface area contributed by atoms with Gasteiger partial charge in [-0.15, -0.1) is 0 Å². The molecular formula is C14H12BrNOS. The van der Waals surface area contributed by atoms with Gasteiger partial charge >= 0.3 is 0 Å². The maximum atomic E-state index is 5.77. The summed E-state index contributed by atoms with van der Waals surface area (Å²) in [6.07, 6.45) is 0. The SMILES string of the molecule is NC(=S)c1ccccc1OCc1ccccc1Br. The van der Waals surface area contributed by atoms with Gasteiger partial charge in [-0.3, -0.25) is 0 Å². The Labute approximate surface area is 120 Å². The highest BCUT2D eigenvalue weighted by Gasteiger charge is 2.06. The van der Waals surface area contributed by atoms with E-state index in [2.05, 4.69) is 15.9 Å². The molecule has 2 rings (SSSR count). The van der Waals surface area contributed by atoms with Crippen molar-refractivity contribution in [2.24, 2.45) is 5.73 Å². The molecule has 0 saturated heterocycles. The van der Waals surface area contributed by atoms with Gasteiger partial charge in [0.2, 0.25) is 0 Å². The quantitative estimate of drug-likeness (QED) is 0.873. The van der Waals surface area contributed by atoms with Gasteiger partial charge in [0, 0.05) is 10.0 Å². The van der Waals surface area contributed by atoms with Gasteiger partial charge in [-0.25, -0.2) is 0 Å². The first-order chi connectivity index (χ1) is 8.68. The maximum Gasteiger partial charge on any atom is 0.129 e. The lowest BCUT2D eigenvalue weighted by molar-refractivity contribution is 0.305. The minimum Gasteiger partial charge on any atom is -0.488 e. The van der Waals surface area contributed by atoms with Gasteiger partial charge in [0.15, 0.2) is 0 Å². The number of nitrogens with two attached hydrogens (primary N) is 1. The van der Waals surface area contributed by atoms with Crippen molar-refractivity contribution in [3.05, 3.63) is 64.1 Å². The van der Waals surface area contributed by atoms with Gasteiger partial charge in [-0.2, -0.15) is 0 Å². The summed E-state index contributed by atoms with van der Waals surface area (Å²) in [5.74, 6) is 0.709. The van der Waals surface area contributed by atoms with Crippen LogP contribution in [0.4, 0.5) is 0 Å². The van der Waals surface area contributed by atoms with E-state index in [9.17, 15) is 0 Å². The predicted octanol–water partition coefficient (Wildman–Crippen LogP) is 3.66. The molecular weight excluding hydrogens is 310 g/mol. The molecule has 0 aliphatic carbocycles. The third-order valence-electron chi connectivity index (χ3n) is 2.49. The summed E-state index contributed by atoms with van der Waals surface area (Å²) in [4.78, 5) is 0.345. The number of hydrogen-bond acceptors (Lipinski definition) is 2. The van der Waals surface area contributed by atoms with Gasteiger partial charge in [-0.1, -0.05) is 58.5 Å². The molecule has 18 heavy (non-hydrogen) atoms. The Bertz CT molecular complexity index is 571. The van der Waals surface area contributed by atoms with Gasteiger partial charge in [0.1, 0.15) is 17.3 Å². The molecule has 0 unspecified atom stereocenters. The van der Waals surface area contributed by atoms with E-state index in [0.717, 1.165) is 15.6 Å². The number of rotatable bonds is 4. The number of hydrogen-bond donors (Lipinski definition) is 1. The normalized spacial score (nSPS) is 10.1. The smallest absolute Gasteiger partial charge is 0.129 e. The van der Waals surface area contributed by atoms with Crippen LogP contribution in [0.1, 0.15) is 11.1 Å². The van der Waals surface area contributed by atoms with Crippen molar-refractivity contribution in [2.75, 3.05) is 0 Å². The zero-order chi connectivity index (χ0) is 13.0. The number of thiocarbonyl (C=S) groups is 1. The van der Waals surface area contributed by atoms with Gasteiger partial charge in [-0.05, 0) is 18.2 Å². The number of para-hydroxylation sites is 1. The fraction of sp³-hybridized carbons (Fsp3) is 0.0714. The largest absolute Gasteiger partial charge is 0.488 e. The molecule has 0 heterocycles. The molecule has 0 aliphatic heterocycles. The van der Waals surface area contributed by atoms with Crippen LogP contribution in [0, 0.1) is 0 Å². The number of benzene rings is 2. The van der Waals surface area contributed by atoms with Crippen LogP contribution < -0.4 is 10.5 Å². The lowest BCUT2D eigenvalue weighted by Gasteiger charge is -2.11. The predicted molar refractivity (Wildman–Crippen MR) is 80.8 cm³/mol. The van der Waals surface area contributed by atoms with E-state index in [-0.39, 0.29) is 0 Å². The van der Waals surface area contributed by atoms with E-state index >= 15 is 0 Å². The van der Waals surface area contributed by atoms with Crippen LogP contribution in [0.2, 0.25) is 0 Å². The van der Waals surface area contributed by atoms with Crippen LogP contribution >= 0.6 is 28.1 Å². The molecule has 0 amide bonds. The molecule has 0 atom stereocenters. The van der Waals surface area contributed by atoms with Gasteiger partial charge < -0.3 is 10.5 Å². The third-order valence-corrected chi connectivity index (χ3v) is 3.49. The van der Waals surface area contributed by atoms with E-state index in [1.54, 1.807) is 0 Å². The Hall–Kier alpha value is -1.39. The van der Waals surface area contributed by atoms with Crippen molar-refractivity contribution in [3.63, 3.8) is 0 Å². The number of ether oxygens (including phenoxy) is 1. The van der Waals surface area contributed by atoms with Crippen molar-refractivity contribution in [1.82, 2.24) is 0 Å². The highest BCUT2D eigenvalue weighted by molar-refractivity contribution is 9.10. The summed E-state index contributed by atoms with van der Waals surface area (Å²) < 4.78 is 6.79. The summed E-state index contributed by atoms with van der Waals surface area (Å²) in [5, 5.41) is 0. The van der Waals surface area contributed by atoms with Crippen LogP contribution in [0.3, 0.4) is 0 Å². The molecule has 0 fully saturated rings. The average Bonchev–Trinajstić information content (AvgIpc) is 2.38. The second-order valence-electron chi connectivity index (χ2n) is 3.74. The summed E-state index contributed by atoms with van der Waals surface area (Å²) in [5.41, 5.74) is 7.50. The van der Waals surface area contributed by atoms with Crippen molar-refractivity contribution in [3.8, 4) is 5.75 Å². The molecule has 92 valence electrons. The van der Waals surface area contributed by atoms with E-state index in [1.165, 1.54) is 0 Å². The van der Waals surface area contributed by atoms with Crippen LogP contribution in [0.15, 0.2) is 53.0 Å². The van der Waals surface area contributed by atoms with Crippen LogP contribution in [-0.2, 0) is 6.61 Å². The first-order valence-electron chi connectivity index (χ1n) is 5.43. The summed E-state index contributed by atoms with van der Waals surface area (Å²) in [6, 6.07) is 15.4. The maximum absolute atomic E-state index is 5.77. The first kappa shape index (κ1) is 13.1. The Balaban J connectivity index is 2.16. The fourth-order valence-electron chi connectivity index (χ4n) is 1.57. The molecule has 2 aromatic carbocycles. The molecule has 0 radical (unpaired) electrons. The summed E-state index contributed by atoms with van der Waals surface area (Å²) >= 11 is 8.48. The van der Waals surface area contributed by atoms with Crippen LogP contribution in [-0.4, -0.2) is 4.99 Å². The Morgan fingerprint density at radius 3 is 2.50 bits per heavy atom. The van der Waals surface area contributed by atoms with Gasteiger partial charge in [0.05, 0.1) is 5.56 Å². The van der Waals surface area contributed by atoms with Crippen LogP contribution in [0.5, 0.6) is 5.75 Å². The second kappa shape index (κ2) is 5.98. The fourth-order valence-corrected chi connectivity index (χ4v) is 2.13. The van der Waals surface area contributed by atoms with Crippen LogP contribution in [0.25, 0.3) is 0 Å². The highest BCUT2D eigenvalue weighted by Crippen LogP contribution is 2.22. The lowest BCUT2D eigenvalue weighted by atomic mass is 10.2. The second-order valence-corrected chi connectivity index (χ2v) is 5.03. The Morgan fingerprint density at radius 1 is 1.11 bits per heavy atom. The highest BCUT2D eigenvalue weighted by atomic mass is 79.9. The monoisotopic (exact) mass is 321 g/mol. The molecule has 4 heteroatoms. The Kier molecular flexibility index (Phi) is 4.33. The molecule has 2 aromatic rings. The lowest BCUT2D eigenvalue weighted by Crippen LogP contribution is -2.11. The number of halogens is 1. The van der Waals surface area contributed by atoms with E-state index in [4.69, 9.17) is 22.7 Å². The average molecular weight is 322 g/mol. The third kappa shape index (κ3) is 3.09. The van der Waals surface area contributed by atoms with Crippen molar-refractivity contribution in [1.29, 1.82) is 0 Å². The summed E-state index contributed by atoms with van der Waals surface area (Å²) in [7, 11) is 0. The molecule has 2 nitrogen and oxygen atoms in total. The van der Waals surface area contributed by atoms with Crippen molar-refractivity contribution >= 4 is 33.1 Å². The van der Waals surface area contributed by atoms with E-state index in [0.29, 0.717) is 17.3 Å².